The lowest BCUT2D eigenvalue weighted by Crippen LogP contribution is -2.02. The quantitative estimate of drug-likeness (QED) is 0.114. The molecule has 0 N–H and O–H groups in total. The van der Waals surface area contributed by atoms with Gasteiger partial charge in [0.05, 0.1) is 0 Å². The minimum absolute atomic E-state index is 0. The van der Waals surface area contributed by atoms with Gasteiger partial charge in [0.25, 0.3) is 0 Å². The minimum Gasteiger partial charge on any atom is -0.295 e. The molecule has 0 spiro atoms. The van der Waals surface area contributed by atoms with Crippen molar-refractivity contribution in [1.29, 1.82) is 0 Å². The summed E-state index contributed by atoms with van der Waals surface area (Å²) in [6.45, 7) is 3.79. The molecule has 2 aliphatic rings. The van der Waals surface area contributed by atoms with E-state index in [9.17, 15) is 9.59 Å². The first-order chi connectivity index (χ1) is 24.5. The molecule has 6 aromatic carbocycles. The van der Waals surface area contributed by atoms with Crippen LogP contribution >= 0.6 is 0 Å². The molecule has 0 radical (unpaired) electrons. The number of hydrogen-bond acceptors (Lipinski definition) is 2. The first-order valence-corrected chi connectivity index (χ1v) is 17.8. The van der Waals surface area contributed by atoms with Gasteiger partial charge in [0.1, 0.15) is 0 Å². The van der Waals surface area contributed by atoms with Crippen LogP contribution in [0.15, 0.2) is 152 Å². The summed E-state index contributed by atoms with van der Waals surface area (Å²) in [6.07, 6.45) is 6.63. The smallest absolute Gasteiger partial charge is 0.162 e. The van der Waals surface area contributed by atoms with Crippen molar-refractivity contribution in [3.8, 4) is 22.3 Å². The van der Waals surface area contributed by atoms with Gasteiger partial charge in [-0.1, -0.05) is 173 Å². The first-order valence-electron chi connectivity index (χ1n) is 17.8. The number of rotatable bonds is 9. The van der Waals surface area contributed by atoms with Crippen LogP contribution in [0, 0.1) is 0 Å². The minimum atomic E-state index is 0. The maximum atomic E-state index is 11.8. The Morgan fingerprint density at radius 1 is 0.490 bits per heavy atom. The molecule has 0 unspecified atom stereocenters. The average Bonchev–Trinajstić information content (AvgIpc) is 3.67. The van der Waals surface area contributed by atoms with Gasteiger partial charge < -0.3 is 0 Å². The highest BCUT2D eigenvalue weighted by Crippen LogP contribution is 2.47. The van der Waals surface area contributed by atoms with Crippen molar-refractivity contribution >= 4 is 17.6 Å². The Morgan fingerprint density at radius 2 is 0.863 bits per heavy atom. The predicted octanol–water partition coefficient (Wildman–Crippen LogP) is 12.3. The second-order valence-electron chi connectivity index (χ2n) is 13.2. The van der Waals surface area contributed by atoms with Gasteiger partial charge in [-0.25, -0.2) is 0 Å². The molecule has 2 nitrogen and oxygen atoms in total. The largest absolute Gasteiger partial charge is 0.295 e. The van der Waals surface area contributed by atoms with Gasteiger partial charge in [0, 0.05) is 30.2 Å². The van der Waals surface area contributed by atoms with Crippen molar-refractivity contribution in [2.45, 2.75) is 58.8 Å². The maximum Gasteiger partial charge on any atom is 0.162 e. The zero-order valence-electron chi connectivity index (χ0n) is 28.8. The third-order valence-corrected chi connectivity index (χ3v) is 10.2. The molecule has 2 aliphatic carbocycles. The zero-order valence-corrected chi connectivity index (χ0v) is 28.8. The topological polar surface area (TPSA) is 34.1 Å². The molecule has 51 heavy (non-hydrogen) atoms. The lowest BCUT2D eigenvalue weighted by atomic mass is 9.90. The second-order valence-corrected chi connectivity index (χ2v) is 13.2. The molecule has 0 heterocycles. The monoisotopic (exact) mass is 666 g/mol. The Kier molecular flexibility index (Phi) is 11.0. The highest BCUT2D eigenvalue weighted by atomic mass is 16.1. The van der Waals surface area contributed by atoms with Crippen molar-refractivity contribution in [1.82, 2.24) is 0 Å². The molecule has 2 heteroatoms. The Labute approximate surface area is 303 Å². The van der Waals surface area contributed by atoms with Gasteiger partial charge in [-0.15, -0.1) is 0 Å². The number of carbonyl (C=O) groups excluding carboxylic acids is 2. The molecule has 0 fully saturated rings. The molecule has 0 saturated heterocycles. The van der Waals surface area contributed by atoms with E-state index in [1.54, 1.807) is 6.08 Å². The van der Waals surface area contributed by atoms with Crippen molar-refractivity contribution in [3.05, 3.63) is 196 Å². The van der Waals surface area contributed by atoms with E-state index >= 15 is 0 Å². The van der Waals surface area contributed by atoms with E-state index in [0.717, 1.165) is 24.0 Å². The standard InChI is InChI=1S/C25H22O.C23H20O.CH4/c1-2-20(26)16-15-18-11-13-19(14-12-18)17-25-23-9-5-3-7-21(23)22-8-4-6-10-24(22)25;1-2-23(24)17-13-11-16(12-14-17)15-22-20-9-5-3-7-18(20)19-8-4-6-10-21(19)22;/h3-16,25H,2,17H2,1H3;3-14,22H,2,15H2,1H3;1H4/b16-15+;;. The SMILES string of the molecule is C.CCC(=O)/C=C/c1ccc(CC2c3ccccc3-c3ccccc32)cc1.CCC(=O)c1ccc(CC2c3ccccc3-c3ccccc32)cc1. The summed E-state index contributed by atoms with van der Waals surface area (Å²) >= 11 is 0. The molecule has 0 saturated carbocycles. The predicted molar refractivity (Wildman–Crippen MR) is 213 cm³/mol. The van der Waals surface area contributed by atoms with E-state index in [2.05, 4.69) is 133 Å². The van der Waals surface area contributed by atoms with E-state index in [1.807, 2.05) is 32.1 Å². The summed E-state index contributed by atoms with van der Waals surface area (Å²) in [6, 6.07) is 51.6. The van der Waals surface area contributed by atoms with Crippen LogP contribution in [0.1, 0.15) is 95.3 Å². The van der Waals surface area contributed by atoms with Gasteiger partial charge in [-0.3, -0.25) is 9.59 Å². The molecule has 8 rings (SSSR count). The molecular weight excluding hydrogens is 621 g/mol. The van der Waals surface area contributed by atoms with Gasteiger partial charge in [-0.2, -0.15) is 0 Å². The second kappa shape index (κ2) is 16.0. The molecule has 0 aliphatic heterocycles. The molecular formula is C49H46O2. The van der Waals surface area contributed by atoms with Crippen LogP contribution < -0.4 is 0 Å². The molecule has 0 bridgehead atoms. The van der Waals surface area contributed by atoms with Crippen LogP contribution in [0.5, 0.6) is 0 Å². The average molecular weight is 667 g/mol. The molecule has 0 amide bonds. The van der Waals surface area contributed by atoms with Crippen molar-refractivity contribution in [3.63, 3.8) is 0 Å². The summed E-state index contributed by atoms with van der Waals surface area (Å²) in [4.78, 5) is 23.2. The van der Waals surface area contributed by atoms with Crippen LogP contribution in [-0.2, 0) is 17.6 Å². The molecule has 0 aromatic heterocycles. The van der Waals surface area contributed by atoms with Crippen LogP contribution in [-0.4, -0.2) is 11.6 Å². The normalized spacial score (nSPS) is 12.6. The first kappa shape index (κ1) is 35.2. The van der Waals surface area contributed by atoms with Crippen LogP contribution in [0.4, 0.5) is 0 Å². The Bertz CT molecular complexity index is 2080. The summed E-state index contributed by atoms with van der Waals surface area (Å²) in [5.41, 5.74) is 15.6. The van der Waals surface area contributed by atoms with E-state index in [1.165, 1.54) is 55.6 Å². The van der Waals surface area contributed by atoms with E-state index in [-0.39, 0.29) is 19.0 Å². The summed E-state index contributed by atoms with van der Waals surface area (Å²) in [5.74, 6) is 1.17. The lowest BCUT2D eigenvalue weighted by Gasteiger charge is -2.14. The van der Waals surface area contributed by atoms with E-state index in [0.29, 0.717) is 24.7 Å². The van der Waals surface area contributed by atoms with Crippen molar-refractivity contribution in [2.24, 2.45) is 0 Å². The Balaban J connectivity index is 0.000000173. The number of carbonyl (C=O) groups is 2. The number of fused-ring (bicyclic) bond motifs is 6. The lowest BCUT2D eigenvalue weighted by molar-refractivity contribution is -0.114. The van der Waals surface area contributed by atoms with Gasteiger partial charge in [0.2, 0.25) is 0 Å². The number of ketones is 2. The van der Waals surface area contributed by atoms with Crippen LogP contribution in [0.2, 0.25) is 0 Å². The fraction of sp³-hybridized carbons (Fsp3) is 0.184. The summed E-state index contributed by atoms with van der Waals surface area (Å²) in [5, 5.41) is 0. The van der Waals surface area contributed by atoms with Crippen LogP contribution in [0.3, 0.4) is 0 Å². The van der Waals surface area contributed by atoms with E-state index in [4.69, 9.17) is 0 Å². The maximum absolute atomic E-state index is 11.8. The number of allylic oxidation sites excluding steroid dienone is 1. The Morgan fingerprint density at radius 3 is 1.24 bits per heavy atom. The summed E-state index contributed by atoms with van der Waals surface area (Å²) < 4.78 is 0. The van der Waals surface area contributed by atoms with Crippen molar-refractivity contribution < 1.29 is 9.59 Å². The highest BCUT2D eigenvalue weighted by Gasteiger charge is 2.29. The van der Waals surface area contributed by atoms with Crippen molar-refractivity contribution in [2.75, 3.05) is 0 Å². The third kappa shape index (κ3) is 7.47. The molecule has 0 atom stereocenters. The third-order valence-electron chi connectivity index (χ3n) is 10.2. The number of benzene rings is 6. The fourth-order valence-corrected chi connectivity index (χ4v) is 7.53. The van der Waals surface area contributed by atoms with E-state index < -0.39 is 0 Å². The Hall–Kier alpha value is -5.60. The summed E-state index contributed by atoms with van der Waals surface area (Å²) in [7, 11) is 0. The highest BCUT2D eigenvalue weighted by molar-refractivity contribution is 5.96. The van der Waals surface area contributed by atoms with Gasteiger partial charge >= 0.3 is 0 Å². The van der Waals surface area contributed by atoms with Gasteiger partial charge in [-0.05, 0) is 80.1 Å². The molecule has 6 aromatic rings. The number of Topliss-reactive ketones (excluding diaryl/α,β-unsaturated/α-hetero) is 1. The van der Waals surface area contributed by atoms with Gasteiger partial charge in [0.15, 0.2) is 11.6 Å². The zero-order chi connectivity index (χ0) is 34.5. The van der Waals surface area contributed by atoms with Crippen LogP contribution in [0.25, 0.3) is 28.3 Å². The fourth-order valence-electron chi connectivity index (χ4n) is 7.53. The molecule has 254 valence electrons. The number of hydrogen-bond donors (Lipinski definition) is 0.